The van der Waals surface area contributed by atoms with E-state index in [-0.39, 0.29) is 12.4 Å². The number of aromatic nitrogens is 5. The highest BCUT2D eigenvalue weighted by atomic mass is 32.2. The summed E-state index contributed by atoms with van der Waals surface area (Å²) in [6.45, 7) is 0.0620. The molecule has 0 aliphatic carbocycles. The number of para-hydroxylation sites is 2. The Kier molecular flexibility index (Phi) is 5.95. The van der Waals surface area contributed by atoms with Crippen molar-refractivity contribution < 1.29 is 13.7 Å². The van der Waals surface area contributed by atoms with Crippen LogP contribution in [0.15, 0.2) is 81.8 Å². The summed E-state index contributed by atoms with van der Waals surface area (Å²) in [6, 6.07) is 19.8. The number of nitrogens with zero attached hydrogens (tertiary/aromatic N) is 5. The van der Waals surface area contributed by atoms with Crippen LogP contribution in [0.5, 0.6) is 5.75 Å². The van der Waals surface area contributed by atoms with E-state index < -0.39 is 5.82 Å². The lowest BCUT2D eigenvalue weighted by Crippen LogP contribution is -2.07. The van der Waals surface area contributed by atoms with Crippen molar-refractivity contribution in [3.8, 4) is 22.1 Å². The molecule has 160 valence electrons. The maximum atomic E-state index is 13.9. The molecule has 0 saturated carbocycles. The second-order valence-corrected chi connectivity index (χ2v) is 8.46. The first kappa shape index (κ1) is 20.4. The normalized spacial score (nSPS) is 11.0. The number of hydrogen-bond donors (Lipinski definition) is 0. The first-order valence-corrected chi connectivity index (χ1v) is 11.5. The Labute approximate surface area is 190 Å². The summed E-state index contributed by atoms with van der Waals surface area (Å²) in [4.78, 5) is 5.40. The molecule has 3 heterocycles. The van der Waals surface area contributed by atoms with Gasteiger partial charge in [0.25, 0.3) is 0 Å². The van der Waals surface area contributed by atoms with Crippen molar-refractivity contribution in [2.24, 2.45) is 0 Å². The van der Waals surface area contributed by atoms with Gasteiger partial charge in [0.15, 0.2) is 22.5 Å². The average Bonchev–Trinajstić information content (AvgIpc) is 3.58. The lowest BCUT2D eigenvalue weighted by molar-refractivity contribution is 0.278. The quantitative estimate of drug-likeness (QED) is 0.284. The maximum absolute atomic E-state index is 13.9. The molecule has 0 aliphatic rings. The van der Waals surface area contributed by atoms with Crippen molar-refractivity contribution in [1.29, 1.82) is 0 Å². The Balaban J connectivity index is 1.37. The zero-order chi connectivity index (χ0) is 21.8. The second kappa shape index (κ2) is 9.33. The first-order valence-electron chi connectivity index (χ1n) is 9.64. The van der Waals surface area contributed by atoms with Gasteiger partial charge in [-0.05, 0) is 35.7 Å². The van der Waals surface area contributed by atoms with Gasteiger partial charge in [0.1, 0.15) is 6.61 Å². The van der Waals surface area contributed by atoms with Crippen LogP contribution in [0.1, 0.15) is 11.7 Å². The predicted molar refractivity (Wildman–Crippen MR) is 119 cm³/mol. The molecule has 0 spiro atoms. The van der Waals surface area contributed by atoms with E-state index in [1.54, 1.807) is 29.5 Å². The molecule has 0 aliphatic heterocycles. The van der Waals surface area contributed by atoms with Gasteiger partial charge < -0.3 is 9.26 Å². The fourth-order valence-corrected chi connectivity index (χ4v) is 4.43. The SMILES string of the molecule is Fc1ccccc1OCc1nnc(SCc2nc(-c3cccs3)no2)n1-c1ccccc1. The second-order valence-electron chi connectivity index (χ2n) is 6.57. The third kappa shape index (κ3) is 4.41. The molecular formula is C22H16FN5O2S2. The molecule has 0 fully saturated rings. The minimum Gasteiger partial charge on any atom is -0.483 e. The molecule has 0 amide bonds. The van der Waals surface area contributed by atoms with Crippen molar-refractivity contribution in [3.63, 3.8) is 0 Å². The summed E-state index contributed by atoms with van der Waals surface area (Å²) in [5, 5.41) is 15.2. The van der Waals surface area contributed by atoms with Crippen LogP contribution in [0.2, 0.25) is 0 Å². The average molecular weight is 466 g/mol. The van der Waals surface area contributed by atoms with Gasteiger partial charge in [-0.1, -0.05) is 53.3 Å². The fourth-order valence-electron chi connectivity index (χ4n) is 2.97. The smallest absolute Gasteiger partial charge is 0.237 e. The van der Waals surface area contributed by atoms with E-state index in [0.29, 0.717) is 28.4 Å². The van der Waals surface area contributed by atoms with Crippen molar-refractivity contribution in [2.45, 2.75) is 17.5 Å². The molecule has 7 nitrogen and oxygen atoms in total. The minimum atomic E-state index is -0.425. The highest BCUT2D eigenvalue weighted by Crippen LogP contribution is 2.27. The zero-order valence-corrected chi connectivity index (χ0v) is 18.2. The highest BCUT2D eigenvalue weighted by Gasteiger charge is 2.17. The Morgan fingerprint density at radius 3 is 2.66 bits per heavy atom. The van der Waals surface area contributed by atoms with Crippen molar-refractivity contribution in [3.05, 3.63) is 89.6 Å². The monoisotopic (exact) mass is 465 g/mol. The van der Waals surface area contributed by atoms with E-state index in [1.165, 1.54) is 17.8 Å². The number of rotatable bonds is 8. The van der Waals surface area contributed by atoms with E-state index in [1.807, 2.05) is 52.4 Å². The molecule has 0 N–H and O–H groups in total. The molecule has 0 saturated heterocycles. The third-order valence-corrected chi connectivity index (χ3v) is 6.22. The van der Waals surface area contributed by atoms with Crippen LogP contribution in [0.3, 0.4) is 0 Å². The van der Waals surface area contributed by atoms with Gasteiger partial charge in [0, 0.05) is 5.69 Å². The van der Waals surface area contributed by atoms with Crippen LogP contribution in [0.25, 0.3) is 16.4 Å². The molecule has 0 radical (unpaired) electrons. The van der Waals surface area contributed by atoms with Crippen molar-refractivity contribution in [2.75, 3.05) is 0 Å². The van der Waals surface area contributed by atoms with Gasteiger partial charge in [-0.25, -0.2) is 4.39 Å². The van der Waals surface area contributed by atoms with Gasteiger partial charge in [-0.2, -0.15) is 4.98 Å². The molecule has 0 unspecified atom stereocenters. The summed E-state index contributed by atoms with van der Waals surface area (Å²) in [7, 11) is 0. The largest absolute Gasteiger partial charge is 0.483 e. The van der Waals surface area contributed by atoms with Crippen LogP contribution in [0, 0.1) is 5.82 Å². The molecule has 0 atom stereocenters. The lowest BCUT2D eigenvalue weighted by atomic mass is 10.3. The molecule has 5 aromatic rings. The molecule has 2 aromatic carbocycles. The summed E-state index contributed by atoms with van der Waals surface area (Å²) in [5.41, 5.74) is 0.872. The molecule has 32 heavy (non-hydrogen) atoms. The Morgan fingerprint density at radius 2 is 1.84 bits per heavy atom. The number of ether oxygens (including phenoxy) is 1. The van der Waals surface area contributed by atoms with E-state index in [2.05, 4.69) is 20.3 Å². The molecule has 5 rings (SSSR count). The first-order chi connectivity index (χ1) is 15.8. The molecule has 10 heteroatoms. The summed E-state index contributed by atoms with van der Waals surface area (Å²) in [6.07, 6.45) is 0. The highest BCUT2D eigenvalue weighted by molar-refractivity contribution is 7.98. The molecule has 3 aromatic heterocycles. The molecule has 0 bridgehead atoms. The molecular weight excluding hydrogens is 449 g/mol. The predicted octanol–water partition coefficient (Wildman–Crippen LogP) is 5.39. The fraction of sp³-hybridized carbons (Fsp3) is 0.0909. The standard InChI is InChI=1S/C22H16FN5O2S2/c23-16-9-4-5-10-17(16)29-13-19-25-26-22(28(19)15-7-2-1-3-8-15)32-14-20-24-21(27-30-20)18-11-6-12-31-18/h1-12H,13-14H2. The van der Waals surface area contributed by atoms with Crippen LogP contribution in [0.4, 0.5) is 4.39 Å². The number of thiophene rings is 1. The summed E-state index contributed by atoms with van der Waals surface area (Å²) >= 11 is 2.97. The van der Waals surface area contributed by atoms with Crippen LogP contribution < -0.4 is 4.74 Å². The number of halogens is 1. The summed E-state index contributed by atoms with van der Waals surface area (Å²) in [5.74, 6) is 1.77. The topological polar surface area (TPSA) is 78.9 Å². The number of thioether (sulfide) groups is 1. The minimum absolute atomic E-state index is 0.0620. The lowest BCUT2D eigenvalue weighted by Gasteiger charge is -2.11. The Hall–Kier alpha value is -3.50. The van der Waals surface area contributed by atoms with Crippen molar-refractivity contribution in [1.82, 2.24) is 24.9 Å². The van der Waals surface area contributed by atoms with Gasteiger partial charge in [-0.15, -0.1) is 21.5 Å². The number of hydrogen-bond acceptors (Lipinski definition) is 8. The van der Waals surface area contributed by atoms with Crippen LogP contribution in [-0.2, 0) is 12.4 Å². The van der Waals surface area contributed by atoms with Gasteiger partial charge in [0.05, 0.1) is 10.6 Å². The van der Waals surface area contributed by atoms with Crippen molar-refractivity contribution >= 4 is 23.1 Å². The van der Waals surface area contributed by atoms with E-state index >= 15 is 0 Å². The Morgan fingerprint density at radius 1 is 1.00 bits per heavy atom. The maximum Gasteiger partial charge on any atom is 0.237 e. The third-order valence-electron chi connectivity index (χ3n) is 4.44. The van der Waals surface area contributed by atoms with E-state index in [9.17, 15) is 4.39 Å². The zero-order valence-electron chi connectivity index (χ0n) is 16.6. The van der Waals surface area contributed by atoms with Gasteiger partial charge >= 0.3 is 0 Å². The van der Waals surface area contributed by atoms with Gasteiger partial charge in [0.2, 0.25) is 11.7 Å². The van der Waals surface area contributed by atoms with E-state index in [0.717, 1.165) is 10.6 Å². The Bertz CT molecular complexity index is 1310. The van der Waals surface area contributed by atoms with Crippen LogP contribution >= 0.6 is 23.1 Å². The summed E-state index contributed by atoms with van der Waals surface area (Å²) < 4.78 is 26.9. The van der Waals surface area contributed by atoms with Gasteiger partial charge in [-0.3, -0.25) is 4.57 Å². The number of benzene rings is 2. The van der Waals surface area contributed by atoms with Crippen LogP contribution in [-0.4, -0.2) is 24.9 Å². The van der Waals surface area contributed by atoms with E-state index in [4.69, 9.17) is 9.26 Å².